The van der Waals surface area contributed by atoms with E-state index in [0.717, 1.165) is 10.5 Å². The van der Waals surface area contributed by atoms with E-state index in [2.05, 4.69) is 0 Å². The third-order valence-electron chi connectivity index (χ3n) is 14.7. The molecule has 65 heavy (non-hydrogen) atoms. The number of piperidine rings is 1. The van der Waals surface area contributed by atoms with Crippen LogP contribution in [0, 0.1) is 47.3 Å². The molecule has 0 spiro atoms. The summed E-state index contributed by atoms with van der Waals surface area (Å²) in [4.78, 5) is 71.6. The van der Waals surface area contributed by atoms with Gasteiger partial charge in [-0.25, -0.2) is 4.79 Å². The van der Waals surface area contributed by atoms with Crippen molar-refractivity contribution < 1.29 is 63.7 Å². The lowest BCUT2D eigenvalue weighted by molar-refractivity contribution is -0.265. The van der Waals surface area contributed by atoms with Crippen molar-refractivity contribution in [3.05, 3.63) is 47.6 Å². The molecule has 366 valence electrons. The van der Waals surface area contributed by atoms with E-state index in [1.165, 1.54) is 7.11 Å². The van der Waals surface area contributed by atoms with E-state index in [9.17, 15) is 49.5 Å². The zero-order valence-electron chi connectivity index (χ0n) is 40.1. The Kier molecular flexibility index (Phi) is 21.0. The van der Waals surface area contributed by atoms with Gasteiger partial charge < -0.3 is 44.6 Å². The van der Waals surface area contributed by atoms with Crippen molar-refractivity contribution in [3.63, 3.8) is 0 Å². The molecule has 3 heterocycles. The van der Waals surface area contributed by atoms with Crippen molar-refractivity contribution in [2.45, 2.75) is 168 Å². The number of esters is 1. The molecule has 4 aliphatic rings. The molecular weight excluding hydrogens is 835 g/mol. The summed E-state index contributed by atoms with van der Waals surface area (Å²) in [5, 5.41) is 54.1. The molecule has 0 aromatic heterocycles. The average molecular weight is 914 g/mol. The van der Waals surface area contributed by atoms with Gasteiger partial charge in [0.2, 0.25) is 5.79 Å². The van der Waals surface area contributed by atoms with Gasteiger partial charge in [0.25, 0.3) is 11.7 Å². The number of rotatable bonds is 6. The smallest absolute Gasteiger partial charge is 0.329 e. The topological polar surface area (TPSA) is 217 Å². The maximum absolute atomic E-state index is 14.3. The molecule has 0 aromatic carbocycles. The molecule has 1 amide bonds. The summed E-state index contributed by atoms with van der Waals surface area (Å²) in [5.41, 5.74) is 1.22. The summed E-state index contributed by atoms with van der Waals surface area (Å²) >= 11 is 0. The number of carbonyl (C=O) groups is 5. The fourth-order valence-electron chi connectivity index (χ4n) is 10.3. The lowest BCUT2D eigenvalue weighted by atomic mass is 9.75. The first-order valence-corrected chi connectivity index (χ1v) is 24.1. The lowest BCUT2D eigenvalue weighted by Crippen LogP contribution is -2.60. The van der Waals surface area contributed by atoms with Gasteiger partial charge in [0.05, 0.1) is 12.2 Å². The predicted octanol–water partition coefficient (Wildman–Crippen LogP) is 5.37. The maximum atomic E-state index is 14.3. The highest BCUT2D eigenvalue weighted by molar-refractivity contribution is 6.39. The fourth-order valence-corrected chi connectivity index (χ4v) is 10.3. The number of nitrogens with zero attached hydrogens (tertiary/aromatic N) is 1. The van der Waals surface area contributed by atoms with Gasteiger partial charge in [-0.3, -0.25) is 19.2 Å². The molecule has 14 heteroatoms. The zero-order chi connectivity index (χ0) is 48.2. The number of hydrogen-bond donors (Lipinski definition) is 5. The second kappa shape index (κ2) is 25.1. The largest absolute Gasteiger partial charge is 0.460 e. The molecule has 1 aliphatic carbocycles. The quantitative estimate of drug-likeness (QED) is 0.129. The number of aliphatic hydroxyl groups excluding tert-OH is 4. The molecule has 0 aromatic rings. The number of ether oxygens (including phenoxy) is 3. The molecule has 4 rings (SSSR count). The van der Waals surface area contributed by atoms with E-state index in [0.29, 0.717) is 63.4 Å². The monoisotopic (exact) mass is 914 g/mol. The molecule has 0 radical (unpaired) electrons. The van der Waals surface area contributed by atoms with E-state index < -0.39 is 77.8 Å². The Morgan fingerprint density at radius 1 is 0.877 bits per heavy atom. The molecule has 5 N–H and O–H groups in total. The highest BCUT2D eigenvalue weighted by Crippen LogP contribution is 2.38. The molecule has 2 bridgehead atoms. The summed E-state index contributed by atoms with van der Waals surface area (Å²) in [5.74, 6) is -8.94. The van der Waals surface area contributed by atoms with Crippen molar-refractivity contribution >= 4 is 29.2 Å². The van der Waals surface area contributed by atoms with E-state index in [1.807, 2.05) is 51.2 Å². The molecule has 15 atom stereocenters. The van der Waals surface area contributed by atoms with Crippen LogP contribution >= 0.6 is 0 Å². The third-order valence-corrected chi connectivity index (χ3v) is 14.7. The Morgan fingerprint density at radius 3 is 2.28 bits per heavy atom. The summed E-state index contributed by atoms with van der Waals surface area (Å²) in [6, 6.07) is -1.17. The summed E-state index contributed by atoms with van der Waals surface area (Å²) in [7, 11) is 1.37. The minimum Gasteiger partial charge on any atom is -0.460 e. The third kappa shape index (κ3) is 14.3. The number of methoxy groups -OCH3 is 1. The number of ketones is 3. The lowest BCUT2D eigenvalue weighted by Gasteiger charge is -2.43. The first-order valence-electron chi connectivity index (χ1n) is 24.1. The van der Waals surface area contributed by atoms with Gasteiger partial charge in [0, 0.05) is 62.9 Å². The van der Waals surface area contributed by atoms with Crippen LogP contribution in [-0.2, 0) is 38.2 Å². The second-order valence-corrected chi connectivity index (χ2v) is 19.9. The maximum Gasteiger partial charge on any atom is 0.329 e. The number of aliphatic hydroxyl groups is 5. The van der Waals surface area contributed by atoms with Gasteiger partial charge in [-0.05, 0) is 108 Å². The van der Waals surface area contributed by atoms with Crippen molar-refractivity contribution in [1.29, 1.82) is 0 Å². The van der Waals surface area contributed by atoms with Crippen LogP contribution in [0.3, 0.4) is 0 Å². The van der Waals surface area contributed by atoms with Gasteiger partial charge in [0.1, 0.15) is 30.1 Å². The summed E-state index contributed by atoms with van der Waals surface area (Å²) < 4.78 is 17.9. The molecule has 3 aliphatic heterocycles. The highest BCUT2D eigenvalue weighted by Gasteiger charge is 2.53. The molecule has 1 saturated carbocycles. The number of cyclic esters (lactones) is 1. The first-order chi connectivity index (χ1) is 30.7. The predicted molar refractivity (Wildman–Crippen MR) is 245 cm³/mol. The van der Waals surface area contributed by atoms with Crippen molar-refractivity contribution in [2.75, 3.05) is 26.9 Å². The summed E-state index contributed by atoms with van der Waals surface area (Å²) in [6.07, 6.45) is 11.3. The Bertz CT molecular complexity index is 1760. The molecule has 14 nitrogen and oxygen atoms in total. The second-order valence-electron chi connectivity index (χ2n) is 19.9. The Balaban J connectivity index is 1.70. The number of amides is 1. The van der Waals surface area contributed by atoms with E-state index in [4.69, 9.17) is 14.2 Å². The van der Waals surface area contributed by atoms with Gasteiger partial charge >= 0.3 is 5.97 Å². The van der Waals surface area contributed by atoms with Crippen LogP contribution in [0.5, 0.6) is 0 Å². The first kappa shape index (κ1) is 54.2. The molecule has 3 fully saturated rings. The SMILES string of the molecule is CO[C@H]1C(=O)[C@H](C)C[C@H](C)/C=C/C=C/C=C(\C)C(CO)C[C@@H]2CC[C@@H](C)[C@@](O)(O2)C(=O)C(=O)N2CCCCC2C(=O)O[C@H]([C@H](C)C[C@@H]2CC[C@@H](O)[C@H](CO)C2)CC(=O)C(C)/C=C(\C)C1O. The van der Waals surface area contributed by atoms with E-state index in [-0.39, 0.29) is 80.2 Å². The Hall–Kier alpha value is -3.37. The Morgan fingerprint density at radius 2 is 1.60 bits per heavy atom. The number of hydrogen-bond acceptors (Lipinski definition) is 13. The van der Waals surface area contributed by atoms with Crippen LogP contribution in [0.15, 0.2) is 47.6 Å². The van der Waals surface area contributed by atoms with Gasteiger partial charge in [-0.2, -0.15) is 0 Å². The standard InChI is InChI=1S/C51H79NO13/c1-30-14-10-9-11-15-31(2)38(28-53)26-40-19-17-36(7)51(62,65-40)48(59)49(60)52-21-13-12-16-41(52)50(61)64-44(33(4)24-37-18-20-42(55)39(25-37)29-54)27-43(56)32(3)23-35(6)46(58)47(63-8)45(57)34(5)22-30/h9-11,14-15,23,30,32-34,36-42,44,46-47,53-55,58,62H,12-13,16-22,24-29H2,1-8H3/b11-9+,14-10+,31-15+,35-23+/t30-,32?,33-,34-,36-,37+,38?,39+,40+,41?,42-,44+,46?,47+,51-/m1/s1. The zero-order valence-corrected chi connectivity index (χ0v) is 40.1. The van der Waals surface area contributed by atoms with Crippen LogP contribution in [0.1, 0.15) is 126 Å². The van der Waals surface area contributed by atoms with Crippen molar-refractivity contribution in [1.82, 2.24) is 4.90 Å². The van der Waals surface area contributed by atoms with Crippen molar-refractivity contribution in [3.8, 4) is 0 Å². The van der Waals surface area contributed by atoms with E-state index in [1.54, 1.807) is 33.8 Å². The number of fused-ring (bicyclic) bond motifs is 3. The van der Waals surface area contributed by atoms with Gasteiger partial charge in [-0.1, -0.05) is 76.6 Å². The minimum absolute atomic E-state index is 0.000906. The van der Waals surface area contributed by atoms with Crippen molar-refractivity contribution in [2.24, 2.45) is 47.3 Å². The normalized spacial score (nSPS) is 40.4. The highest BCUT2D eigenvalue weighted by atomic mass is 16.6. The number of allylic oxidation sites excluding steroid dienone is 6. The average Bonchev–Trinajstić information content (AvgIpc) is 3.28. The number of Topliss-reactive ketones (excluding diaryl/α,β-unsaturated/α-hetero) is 3. The van der Waals surface area contributed by atoms with Crippen LogP contribution < -0.4 is 0 Å². The van der Waals surface area contributed by atoms with Crippen LogP contribution in [0.25, 0.3) is 0 Å². The minimum atomic E-state index is -2.46. The molecule has 4 unspecified atom stereocenters. The summed E-state index contributed by atoms with van der Waals surface area (Å²) in [6.45, 7) is 12.2. The number of carbonyl (C=O) groups excluding carboxylic acids is 5. The van der Waals surface area contributed by atoms with Gasteiger partial charge in [0.15, 0.2) is 5.78 Å². The molecular formula is C51H79NO13. The molecule has 2 saturated heterocycles. The van der Waals surface area contributed by atoms with Crippen LogP contribution in [0.4, 0.5) is 0 Å². The van der Waals surface area contributed by atoms with Crippen LogP contribution in [0.2, 0.25) is 0 Å². The Labute approximate surface area is 386 Å². The van der Waals surface area contributed by atoms with Crippen LogP contribution in [-0.4, -0.2) is 129 Å². The van der Waals surface area contributed by atoms with E-state index >= 15 is 0 Å². The van der Waals surface area contributed by atoms with Gasteiger partial charge in [-0.15, -0.1) is 0 Å². The fraction of sp³-hybridized carbons (Fsp3) is 0.745.